The van der Waals surface area contributed by atoms with Crippen LogP contribution in [0.25, 0.3) is 11.1 Å². The van der Waals surface area contributed by atoms with E-state index in [2.05, 4.69) is 11.8 Å². The number of carbonyl (C=O) groups excluding carboxylic acids is 1. The third-order valence-corrected chi connectivity index (χ3v) is 7.79. The lowest BCUT2D eigenvalue weighted by Crippen LogP contribution is -2.31. The van der Waals surface area contributed by atoms with Crippen molar-refractivity contribution in [2.75, 3.05) is 18.5 Å². The van der Waals surface area contributed by atoms with Crippen LogP contribution < -0.4 is 14.5 Å². The molecule has 0 radical (unpaired) electrons. The molecule has 0 saturated carbocycles. The summed E-state index contributed by atoms with van der Waals surface area (Å²) in [6, 6.07) is 26.9. The second-order valence-corrected chi connectivity index (χ2v) is 10.4. The van der Waals surface area contributed by atoms with E-state index >= 15 is 0 Å². The van der Waals surface area contributed by atoms with Crippen molar-refractivity contribution in [1.82, 2.24) is 5.48 Å². The number of aryl methyl sites for hydroxylation is 1. The molecule has 7 nitrogen and oxygen atoms in total. The smallest absolute Gasteiger partial charge is 0.276 e. The van der Waals surface area contributed by atoms with Crippen LogP contribution in [-0.2, 0) is 10.0 Å². The largest absolute Gasteiger partial charge is 0.497 e. The number of methoxy groups -OCH3 is 1. The van der Waals surface area contributed by atoms with E-state index in [0.717, 1.165) is 21.0 Å². The van der Waals surface area contributed by atoms with E-state index in [-0.39, 0.29) is 16.1 Å². The molecule has 0 aliphatic heterocycles. The molecule has 0 aliphatic carbocycles. The van der Waals surface area contributed by atoms with E-state index in [1.807, 2.05) is 54.6 Å². The van der Waals surface area contributed by atoms with Gasteiger partial charge in [0.2, 0.25) is 0 Å². The van der Waals surface area contributed by atoms with Gasteiger partial charge in [0.1, 0.15) is 5.75 Å². The second kappa shape index (κ2) is 11.2. The van der Waals surface area contributed by atoms with Crippen LogP contribution in [0.4, 0.5) is 5.69 Å². The molecule has 0 aliphatic rings. The zero-order chi connectivity index (χ0) is 27.3. The second-order valence-electron chi connectivity index (χ2n) is 8.47. The molecule has 0 atom stereocenters. The van der Waals surface area contributed by atoms with Gasteiger partial charge in [-0.25, -0.2) is 13.9 Å². The molecule has 0 spiro atoms. The lowest BCUT2D eigenvalue weighted by molar-refractivity contribution is 0.0707. The van der Waals surface area contributed by atoms with E-state index in [4.69, 9.17) is 4.74 Å². The molecule has 38 heavy (non-hydrogen) atoms. The van der Waals surface area contributed by atoms with Crippen LogP contribution in [0.5, 0.6) is 5.75 Å². The molecular formula is C30H26N2O5S. The van der Waals surface area contributed by atoms with Crippen molar-refractivity contribution in [1.29, 1.82) is 0 Å². The molecule has 4 rings (SSSR count). The molecule has 0 fully saturated rings. The highest BCUT2D eigenvalue weighted by molar-refractivity contribution is 7.92. The van der Waals surface area contributed by atoms with Gasteiger partial charge in [-0.2, -0.15) is 0 Å². The number of anilines is 1. The molecule has 8 heteroatoms. The Hall–Kier alpha value is -4.58. The van der Waals surface area contributed by atoms with Crippen LogP contribution in [0.15, 0.2) is 95.9 Å². The number of hydrogen-bond donors (Lipinski definition) is 2. The van der Waals surface area contributed by atoms with Crippen LogP contribution >= 0.6 is 0 Å². The first-order valence-corrected chi connectivity index (χ1v) is 13.1. The normalized spacial score (nSPS) is 10.7. The Labute approximate surface area is 222 Å². The number of ether oxygens (including phenoxy) is 1. The number of nitrogens with one attached hydrogen (secondary N) is 1. The standard InChI is InChI=1S/C30H26N2O5S/c1-21-19-23(10-9-22-11-13-25(14-12-22)24-7-5-4-6-8-24)20-28(30(33)31-34)29(21)32(2)38(35,36)27-17-15-26(37-3)16-18-27/h4-8,11-20,34H,1-3H3,(H,31,33). The van der Waals surface area contributed by atoms with Crippen molar-refractivity contribution < 1.29 is 23.2 Å². The van der Waals surface area contributed by atoms with Gasteiger partial charge in [-0.3, -0.25) is 14.3 Å². The van der Waals surface area contributed by atoms with E-state index in [1.165, 1.54) is 32.4 Å². The Bertz CT molecular complexity index is 1620. The van der Waals surface area contributed by atoms with E-state index in [9.17, 15) is 18.4 Å². The third kappa shape index (κ3) is 5.54. The van der Waals surface area contributed by atoms with Crippen LogP contribution in [0.2, 0.25) is 0 Å². The Morgan fingerprint density at radius 2 is 1.47 bits per heavy atom. The van der Waals surface area contributed by atoms with Crippen molar-refractivity contribution in [3.8, 4) is 28.7 Å². The van der Waals surface area contributed by atoms with Gasteiger partial charge in [-0.05, 0) is 72.1 Å². The zero-order valence-corrected chi connectivity index (χ0v) is 21.9. The van der Waals surface area contributed by atoms with Gasteiger partial charge in [0.25, 0.3) is 15.9 Å². The lowest BCUT2D eigenvalue weighted by Gasteiger charge is -2.24. The Morgan fingerprint density at radius 1 is 0.868 bits per heavy atom. The van der Waals surface area contributed by atoms with Crippen LogP contribution in [0.1, 0.15) is 27.0 Å². The summed E-state index contributed by atoms with van der Waals surface area (Å²) in [6.07, 6.45) is 0. The van der Waals surface area contributed by atoms with Crippen molar-refractivity contribution in [2.45, 2.75) is 11.8 Å². The predicted molar refractivity (Wildman–Crippen MR) is 147 cm³/mol. The molecule has 0 saturated heterocycles. The first-order valence-electron chi connectivity index (χ1n) is 11.6. The van der Waals surface area contributed by atoms with Crippen LogP contribution in [0.3, 0.4) is 0 Å². The molecule has 1 amide bonds. The highest BCUT2D eigenvalue weighted by Crippen LogP contribution is 2.31. The minimum absolute atomic E-state index is 0.0263. The minimum Gasteiger partial charge on any atom is -0.497 e. The summed E-state index contributed by atoms with van der Waals surface area (Å²) < 4.78 is 32.8. The first kappa shape index (κ1) is 26.5. The average molecular weight is 527 g/mol. The van der Waals surface area contributed by atoms with E-state index < -0.39 is 15.9 Å². The summed E-state index contributed by atoms with van der Waals surface area (Å²) in [5.74, 6) is 5.78. The van der Waals surface area contributed by atoms with Crippen molar-refractivity contribution >= 4 is 21.6 Å². The summed E-state index contributed by atoms with van der Waals surface area (Å²) >= 11 is 0. The van der Waals surface area contributed by atoms with Crippen molar-refractivity contribution in [3.63, 3.8) is 0 Å². The monoisotopic (exact) mass is 526 g/mol. The maximum absolute atomic E-state index is 13.3. The molecule has 192 valence electrons. The fourth-order valence-electron chi connectivity index (χ4n) is 4.05. The zero-order valence-electron chi connectivity index (χ0n) is 21.1. The fourth-order valence-corrected chi connectivity index (χ4v) is 5.33. The lowest BCUT2D eigenvalue weighted by atomic mass is 10.0. The van der Waals surface area contributed by atoms with Crippen LogP contribution in [-0.4, -0.2) is 33.7 Å². The molecule has 4 aromatic rings. The van der Waals surface area contributed by atoms with Gasteiger partial charge < -0.3 is 4.74 Å². The SMILES string of the molecule is COc1ccc(S(=O)(=O)N(C)c2c(C)cc(C#Cc3ccc(-c4ccccc4)cc3)cc2C(=O)NO)cc1. The van der Waals surface area contributed by atoms with Crippen LogP contribution in [0, 0.1) is 18.8 Å². The minimum atomic E-state index is -4.02. The first-order chi connectivity index (χ1) is 18.2. The number of sulfonamides is 1. The van der Waals surface area contributed by atoms with Gasteiger partial charge >= 0.3 is 0 Å². The topological polar surface area (TPSA) is 95.9 Å². The fraction of sp³-hybridized carbons (Fsp3) is 0.100. The van der Waals surface area contributed by atoms with Gasteiger partial charge in [-0.1, -0.05) is 54.3 Å². The molecule has 0 unspecified atom stereocenters. The highest BCUT2D eigenvalue weighted by Gasteiger charge is 2.27. The molecule has 2 N–H and O–H groups in total. The highest BCUT2D eigenvalue weighted by atomic mass is 32.2. The maximum atomic E-state index is 13.3. The third-order valence-electron chi connectivity index (χ3n) is 6.02. The number of amides is 1. The summed E-state index contributed by atoms with van der Waals surface area (Å²) in [5, 5.41) is 9.36. The maximum Gasteiger partial charge on any atom is 0.276 e. The molecule has 0 bridgehead atoms. The van der Waals surface area contributed by atoms with Gasteiger partial charge in [-0.15, -0.1) is 0 Å². The number of carbonyl (C=O) groups is 1. The summed E-state index contributed by atoms with van der Waals surface area (Å²) in [6.45, 7) is 1.68. The average Bonchev–Trinajstić information content (AvgIpc) is 2.95. The number of nitrogens with zero attached hydrogens (tertiary/aromatic N) is 1. The summed E-state index contributed by atoms with van der Waals surface area (Å²) in [5.41, 5.74) is 5.64. The number of rotatable bonds is 6. The number of benzene rings is 4. The van der Waals surface area contributed by atoms with Gasteiger partial charge in [0.15, 0.2) is 0 Å². The Balaban J connectivity index is 1.68. The molecule has 4 aromatic carbocycles. The Kier molecular flexibility index (Phi) is 7.82. The summed E-state index contributed by atoms with van der Waals surface area (Å²) in [4.78, 5) is 12.6. The Morgan fingerprint density at radius 3 is 2.08 bits per heavy atom. The van der Waals surface area contributed by atoms with E-state index in [0.29, 0.717) is 16.9 Å². The van der Waals surface area contributed by atoms with Gasteiger partial charge in [0.05, 0.1) is 23.3 Å². The molecule has 0 aromatic heterocycles. The number of hydrogen-bond acceptors (Lipinski definition) is 5. The van der Waals surface area contributed by atoms with Crippen molar-refractivity contribution in [3.05, 3.63) is 113 Å². The molecular weight excluding hydrogens is 500 g/mol. The van der Waals surface area contributed by atoms with Gasteiger partial charge in [0, 0.05) is 18.2 Å². The quantitative estimate of drug-likeness (QED) is 0.209. The predicted octanol–water partition coefficient (Wildman–Crippen LogP) is 5.01. The van der Waals surface area contributed by atoms with E-state index in [1.54, 1.807) is 30.6 Å². The van der Waals surface area contributed by atoms with Crippen molar-refractivity contribution in [2.24, 2.45) is 0 Å². The molecule has 0 heterocycles. The summed E-state index contributed by atoms with van der Waals surface area (Å²) in [7, 11) is -1.17. The number of hydroxylamine groups is 1.